The molecular formula is C4H4N2O. The lowest BCUT2D eigenvalue weighted by atomic mass is 10.4. The minimum absolute atomic E-state index is 0.164. The molecule has 3 heteroatoms. The van der Waals surface area contributed by atoms with E-state index in [1.54, 1.807) is 6.08 Å². The second kappa shape index (κ2) is 1.64. The molecule has 0 fully saturated rings. The molecule has 36 valence electrons. The van der Waals surface area contributed by atoms with Gasteiger partial charge in [0.15, 0.2) is 0 Å². The van der Waals surface area contributed by atoms with Crippen molar-refractivity contribution < 1.29 is 4.79 Å². The average molecular weight is 96.1 g/mol. The molecule has 0 spiro atoms. The molecule has 0 bridgehead atoms. The Morgan fingerprint density at radius 1 is 1.71 bits per heavy atom. The summed E-state index contributed by atoms with van der Waals surface area (Å²) in [5, 5.41) is 6.58. The monoisotopic (exact) mass is 96.0 g/mol. The first kappa shape index (κ1) is 4.18. The number of rotatable bonds is 0. The number of nitrogens with zero attached hydrogens (tertiary/aromatic N) is 2. The fraction of sp³-hybridized carbons (Fsp3) is 0.250. The number of hydrogen-bond donors (Lipinski definition) is 0. The van der Waals surface area contributed by atoms with Crippen LogP contribution in [0, 0.1) is 0 Å². The zero-order valence-corrected chi connectivity index (χ0v) is 3.66. The van der Waals surface area contributed by atoms with Crippen LogP contribution >= 0.6 is 0 Å². The maximum absolute atomic E-state index is 10.2. The van der Waals surface area contributed by atoms with Crippen molar-refractivity contribution in [2.24, 2.45) is 10.2 Å². The summed E-state index contributed by atoms with van der Waals surface area (Å²) in [6, 6.07) is 0. The summed E-state index contributed by atoms with van der Waals surface area (Å²) in [7, 11) is 0. The largest absolute Gasteiger partial charge is 0.271 e. The van der Waals surface area contributed by atoms with Gasteiger partial charge in [0.25, 0.3) is 5.91 Å². The topological polar surface area (TPSA) is 41.8 Å². The van der Waals surface area contributed by atoms with Gasteiger partial charge in [-0.25, -0.2) is 0 Å². The van der Waals surface area contributed by atoms with Crippen molar-refractivity contribution in [3.63, 3.8) is 0 Å². The summed E-state index contributed by atoms with van der Waals surface area (Å²) in [5.41, 5.74) is 0. The lowest BCUT2D eigenvalue weighted by Gasteiger charge is -1.86. The Labute approximate surface area is 40.7 Å². The van der Waals surface area contributed by atoms with Crippen LogP contribution in [-0.4, -0.2) is 5.91 Å². The van der Waals surface area contributed by atoms with Crippen molar-refractivity contribution in [3.05, 3.63) is 12.3 Å². The minimum Gasteiger partial charge on any atom is -0.271 e. The molecule has 0 unspecified atom stereocenters. The second-order valence-corrected chi connectivity index (χ2v) is 1.20. The van der Waals surface area contributed by atoms with E-state index in [0.717, 1.165) is 0 Å². The molecule has 0 radical (unpaired) electrons. The lowest BCUT2D eigenvalue weighted by Crippen LogP contribution is -1.89. The maximum Gasteiger partial charge on any atom is 0.268 e. The van der Waals surface area contributed by atoms with E-state index in [1.165, 1.54) is 6.20 Å². The zero-order valence-electron chi connectivity index (χ0n) is 3.66. The average Bonchev–Trinajstić information content (AvgIpc) is 1.69. The van der Waals surface area contributed by atoms with Crippen LogP contribution in [0.5, 0.6) is 0 Å². The Morgan fingerprint density at radius 2 is 2.57 bits per heavy atom. The number of hydrogen-bond acceptors (Lipinski definition) is 2. The van der Waals surface area contributed by atoms with Crippen molar-refractivity contribution in [2.45, 2.75) is 6.42 Å². The van der Waals surface area contributed by atoms with Gasteiger partial charge in [0.1, 0.15) is 0 Å². The highest BCUT2D eigenvalue weighted by molar-refractivity contribution is 5.78. The molecule has 0 saturated carbocycles. The molecule has 3 nitrogen and oxygen atoms in total. The van der Waals surface area contributed by atoms with Crippen LogP contribution in [0.2, 0.25) is 0 Å². The summed E-state index contributed by atoms with van der Waals surface area (Å²) >= 11 is 0. The van der Waals surface area contributed by atoms with Gasteiger partial charge in [0.05, 0.1) is 6.42 Å². The SMILES string of the molecule is O=C1CC=CN=N1. The van der Waals surface area contributed by atoms with Crippen molar-refractivity contribution in [1.29, 1.82) is 0 Å². The highest BCUT2D eigenvalue weighted by atomic mass is 16.1. The van der Waals surface area contributed by atoms with E-state index in [-0.39, 0.29) is 5.91 Å². The van der Waals surface area contributed by atoms with Crippen LogP contribution in [0.1, 0.15) is 6.42 Å². The van der Waals surface area contributed by atoms with E-state index in [2.05, 4.69) is 10.2 Å². The number of azo groups is 1. The first-order chi connectivity index (χ1) is 3.39. The lowest BCUT2D eigenvalue weighted by molar-refractivity contribution is -0.117. The molecule has 7 heavy (non-hydrogen) atoms. The molecule has 1 amide bonds. The molecule has 1 aliphatic rings. The molecule has 1 heterocycles. The number of carbonyl (C=O) groups is 1. The molecule has 1 rings (SSSR count). The van der Waals surface area contributed by atoms with E-state index in [0.29, 0.717) is 6.42 Å². The first-order valence-electron chi connectivity index (χ1n) is 1.98. The third-order valence-electron chi connectivity index (χ3n) is 0.634. The van der Waals surface area contributed by atoms with Gasteiger partial charge in [-0.15, -0.1) is 5.11 Å². The highest BCUT2D eigenvalue weighted by Gasteiger charge is 1.95. The molecule has 0 aromatic carbocycles. The van der Waals surface area contributed by atoms with Crippen molar-refractivity contribution in [1.82, 2.24) is 0 Å². The molecule has 0 aromatic rings. The highest BCUT2D eigenvalue weighted by Crippen LogP contribution is 1.95. The Bertz CT molecular complexity index is 137. The quantitative estimate of drug-likeness (QED) is 0.441. The normalized spacial score (nSPS) is 18.0. The van der Waals surface area contributed by atoms with Gasteiger partial charge < -0.3 is 0 Å². The minimum atomic E-state index is -0.164. The summed E-state index contributed by atoms with van der Waals surface area (Å²) in [5.74, 6) is -0.164. The van der Waals surface area contributed by atoms with Gasteiger partial charge >= 0.3 is 0 Å². The Hall–Kier alpha value is -0.990. The van der Waals surface area contributed by atoms with Crippen LogP contribution in [0.3, 0.4) is 0 Å². The van der Waals surface area contributed by atoms with Crippen LogP contribution in [0.4, 0.5) is 0 Å². The summed E-state index contributed by atoms with van der Waals surface area (Å²) in [6.07, 6.45) is 3.60. The van der Waals surface area contributed by atoms with Gasteiger partial charge in [-0.1, -0.05) is 6.08 Å². The summed E-state index contributed by atoms with van der Waals surface area (Å²) < 4.78 is 0. The van der Waals surface area contributed by atoms with E-state index in [4.69, 9.17) is 0 Å². The third-order valence-corrected chi connectivity index (χ3v) is 0.634. The molecule has 0 aliphatic carbocycles. The molecule has 0 atom stereocenters. The van der Waals surface area contributed by atoms with E-state index in [9.17, 15) is 4.79 Å². The Kier molecular flexibility index (Phi) is 0.978. The predicted molar refractivity (Wildman–Crippen MR) is 23.6 cm³/mol. The molecular weight excluding hydrogens is 92.1 g/mol. The fourth-order valence-corrected chi connectivity index (χ4v) is 0.339. The van der Waals surface area contributed by atoms with Gasteiger partial charge in [-0.3, -0.25) is 4.79 Å². The number of amides is 1. The molecule has 0 N–H and O–H groups in total. The van der Waals surface area contributed by atoms with Crippen molar-refractivity contribution in [2.75, 3.05) is 0 Å². The van der Waals surface area contributed by atoms with Crippen LogP contribution in [-0.2, 0) is 4.79 Å². The van der Waals surface area contributed by atoms with Crippen molar-refractivity contribution >= 4 is 5.91 Å². The van der Waals surface area contributed by atoms with Gasteiger partial charge in [0, 0.05) is 6.20 Å². The summed E-state index contributed by atoms with van der Waals surface area (Å²) in [4.78, 5) is 10.2. The smallest absolute Gasteiger partial charge is 0.268 e. The predicted octanol–water partition coefficient (Wildman–Crippen LogP) is 0.883. The fourth-order valence-electron chi connectivity index (χ4n) is 0.339. The van der Waals surface area contributed by atoms with Gasteiger partial charge in [-0.2, -0.15) is 5.11 Å². The van der Waals surface area contributed by atoms with Gasteiger partial charge in [-0.05, 0) is 0 Å². The molecule has 1 aliphatic heterocycles. The molecule has 0 saturated heterocycles. The van der Waals surface area contributed by atoms with E-state index >= 15 is 0 Å². The zero-order chi connectivity index (χ0) is 5.11. The first-order valence-corrected chi connectivity index (χ1v) is 1.98. The Morgan fingerprint density at radius 3 is 2.86 bits per heavy atom. The maximum atomic E-state index is 10.2. The molecule has 0 aromatic heterocycles. The van der Waals surface area contributed by atoms with Crippen LogP contribution in [0.15, 0.2) is 22.5 Å². The second-order valence-electron chi connectivity index (χ2n) is 1.20. The third kappa shape index (κ3) is 0.924. The van der Waals surface area contributed by atoms with E-state index < -0.39 is 0 Å². The van der Waals surface area contributed by atoms with Crippen LogP contribution < -0.4 is 0 Å². The van der Waals surface area contributed by atoms with Crippen molar-refractivity contribution in [3.8, 4) is 0 Å². The van der Waals surface area contributed by atoms with E-state index in [1.807, 2.05) is 0 Å². The standard InChI is InChI=1S/C4H4N2O/c7-4-2-1-3-5-6-4/h1,3H,2H2. The van der Waals surface area contributed by atoms with Crippen LogP contribution in [0.25, 0.3) is 0 Å². The summed E-state index contributed by atoms with van der Waals surface area (Å²) in [6.45, 7) is 0. The number of carbonyl (C=O) groups excluding carboxylic acids is 1. The Balaban J connectivity index is 2.66. The van der Waals surface area contributed by atoms with Gasteiger partial charge in [0.2, 0.25) is 0 Å².